The van der Waals surface area contributed by atoms with Gasteiger partial charge >= 0.3 is 0 Å². The summed E-state index contributed by atoms with van der Waals surface area (Å²) < 4.78 is 24.4. The summed E-state index contributed by atoms with van der Waals surface area (Å²) in [6.07, 6.45) is 3.83. The van der Waals surface area contributed by atoms with Crippen LogP contribution in [0.2, 0.25) is 0 Å². The first kappa shape index (κ1) is 13.3. The predicted octanol–water partition coefficient (Wildman–Crippen LogP) is 0.979. The average Bonchev–Trinajstić information content (AvgIpc) is 2.79. The molecule has 0 atom stereocenters. The fourth-order valence-electron chi connectivity index (χ4n) is 2.63. The number of hydrogen-bond donors (Lipinski definition) is 1. The number of amides is 1. The van der Waals surface area contributed by atoms with E-state index in [0.717, 1.165) is 22.3 Å². The Morgan fingerprint density at radius 3 is 2.75 bits per heavy atom. The van der Waals surface area contributed by atoms with E-state index in [-0.39, 0.29) is 5.91 Å². The Morgan fingerprint density at radius 2 is 2.10 bits per heavy atom. The molecule has 1 amide bonds. The number of rotatable bonds is 2. The first-order chi connectivity index (χ1) is 9.45. The van der Waals surface area contributed by atoms with Gasteiger partial charge in [-0.3, -0.25) is 4.79 Å². The molecule has 0 aromatic heterocycles. The number of carbonyl (C=O) groups excluding carboxylic acids is 1. The van der Waals surface area contributed by atoms with Crippen molar-refractivity contribution >= 4 is 21.5 Å². The fourth-order valence-corrected chi connectivity index (χ4v) is 3.39. The van der Waals surface area contributed by atoms with E-state index in [2.05, 4.69) is 5.32 Å². The highest BCUT2D eigenvalue weighted by Gasteiger charge is 2.22. The van der Waals surface area contributed by atoms with Gasteiger partial charge in [0.05, 0.1) is 6.26 Å². The number of carbonyl (C=O) groups is 1. The molecule has 2 aliphatic rings. The summed E-state index contributed by atoms with van der Waals surface area (Å²) in [6, 6.07) is 5.87. The molecule has 20 heavy (non-hydrogen) atoms. The van der Waals surface area contributed by atoms with E-state index in [1.54, 1.807) is 0 Å². The third-order valence-corrected chi connectivity index (χ3v) is 5.08. The molecule has 0 unspecified atom stereocenters. The van der Waals surface area contributed by atoms with Crippen molar-refractivity contribution in [1.82, 2.24) is 9.62 Å². The van der Waals surface area contributed by atoms with Gasteiger partial charge in [0.2, 0.25) is 10.0 Å². The van der Waals surface area contributed by atoms with Crippen molar-refractivity contribution in [3.8, 4) is 0 Å². The molecule has 3 rings (SSSR count). The lowest BCUT2D eigenvalue weighted by Crippen LogP contribution is -2.33. The monoisotopic (exact) mass is 292 g/mol. The second kappa shape index (κ2) is 4.71. The maximum absolute atomic E-state index is 11.7. The maximum Gasteiger partial charge on any atom is 0.251 e. The zero-order valence-corrected chi connectivity index (χ0v) is 12.0. The molecule has 0 bridgehead atoms. The molecule has 0 aliphatic carbocycles. The summed E-state index contributed by atoms with van der Waals surface area (Å²) in [7, 11) is -3.13. The standard InChI is InChI=1S/C14H16N2O3S/c1-20(18,19)16-6-4-10(5-7-16)11-2-3-12-9-15-14(17)13(12)8-11/h2-4,8H,5-7,9H2,1H3,(H,15,17). The van der Waals surface area contributed by atoms with E-state index in [1.807, 2.05) is 24.3 Å². The SMILES string of the molecule is CS(=O)(=O)N1CC=C(c2ccc3c(c2)C(=O)NC3)CC1. The molecule has 1 aromatic rings. The summed E-state index contributed by atoms with van der Waals surface area (Å²) in [6.45, 7) is 1.49. The van der Waals surface area contributed by atoms with Gasteiger partial charge in [-0.1, -0.05) is 18.2 Å². The molecule has 1 aromatic carbocycles. The van der Waals surface area contributed by atoms with Crippen molar-refractivity contribution in [2.45, 2.75) is 13.0 Å². The molecule has 0 saturated heterocycles. The van der Waals surface area contributed by atoms with Gasteiger partial charge < -0.3 is 5.32 Å². The zero-order chi connectivity index (χ0) is 14.3. The molecule has 5 nitrogen and oxygen atoms in total. The second-order valence-electron chi connectivity index (χ2n) is 5.15. The lowest BCUT2D eigenvalue weighted by atomic mass is 9.97. The number of benzene rings is 1. The summed E-state index contributed by atoms with van der Waals surface area (Å²) in [4.78, 5) is 11.7. The summed E-state index contributed by atoms with van der Waals surface area (Å²) in [5, 5.41) is 2.80. The quantitative estimate of drug-likeness (QED) is 0.883. The number of hydrogen-bond acceptors (Lipinski definition) is 3. The van der Waals surface area contributed by atoms with Crippen molar-refractivity contribution in [3.05, 3.63) is 41.0 Å². The molecule has 0 saturated carbocycles. The average molecular weight is 292 g/mol. The van der Waals surface area contributed by atoms with Crippen molar-refractivity contribution < 1.29 is 13.2 Å². The van der Waals surface area contributed by atoms with E-state index in [9.17, 15) is 13.2 Å². The van der Waals surface area contributed by atoms with Crippen molar-refractivity contribution in [2.24, 2.45) is 0 Å². The number of nitrogens with one attached hydrogen (secondary N) is 1. The minimum atomic E-state index is -3.13. The third kappa shape index (κ3) is 2.36. The molecule has 0 radical (unpaired) electrons. The van der Waals surface area contributed by atoms with Gasteiger partial charge in [0.1, 0.15) is 0 Å². The molecule has 0 spiro atoms. The van der Waals surface area contributed by atoms with Crippen LogP contribution in [0.5, 0.6) is 0 Å². The van der Waals surface area contributed by atoms with E-state index < -0.39 is 10.0 Å². The van der Waals surface area contributed by atoms with Crippen LogP contribution in [0.1, 0.15) is 27.9 Å². The molecule has 6 heteroatoms. The van der Waals surface area contributed by atoms with Crippen LogP contribution in [0.15, 0.2) is 24.3 Å². The Balaban J connectivity index is 1.87. The Hall–Kier alpha value is -1.66. The second-order valence-corrected chi connectivity index (χ2v) is 7.14. The van der Waals surface area contributed by atoms with Crippen LogP contribution >= 0.6 is 0 Å². The largest absolute Gasteiger partial charge is 0.348 e. The van der Waals surface area contributed by atoms with Gasteiger partial charge in [-0.05, 0) is 29.2 Å². The van der Waals surface area contributed by atoms with Gasteiger partial charge in [-0.25, -0.2) is 8.42 Å². The van der Waals surface area contributed by atoms with Crippen LogP contribution in [0.25, 0.3) is 5.57 Å². The van der Waals surface area contributed by atoms with Crippen LogP contribution in [0.3, 0.4) is 0 Å². The highest BCUT2D eigenvalue weighted by atomic mass is 32.2. The molecule has 0 fully saturated rings. The van der Waals surface area contributed by atoms with Gasteiger partial charge in [0, 0.05) is 25.2 Å². The fraction of sp³-hybridized carbons (Fsp3) is 0.357. The third-order valence-electron chi connectivity index (χ3n) is 3.81. The molecule has 106 valence electrons. The number of fused-ring (bicyclic) bond motifs is 1. The van der Waals surface area contributed by atoms with E-state index in [0.29, 0.717) is 26.1 Å². The Morgan fingerprint density at radius 1 is 1.30 bits per heavy atom. The Bertz CT molecular complexity index is 707. The molecular weight excluding hydrogens is 276 g/mol. The smallest absolute Gasteiger partial charge is 0.251 e. The molecule has 2 heterocycles. The van der Waals surface area contributed by atoms with Crippen molar-refractivity contribution in [1.29, 1.82) is 0 Å². The minimum absolute atomic E-state index is 0.0315. The molecule has 2 aliphatic heterocycles. The van der Waals surface area contributed by atoms with Gasteiger partial charge in [-0.15, -0.1) is 0 Å². The summed E-state index contributed by atoms with van der Waals surface area (Å²) >= 11 is 0. The van der Waals surface area contributed by atoms with Crippen LogP contribution in [0, 0.1) is 0 Å². The maximum atomic E-state index is 11.7. The van der Waals surface area contributed by atoms with Crippen LogP contribution in [-0.2, 0) is 16.6 Å². The highest BCUT2D eigenvalue weighted by molar-refractivity contribution is 7.88. The van der Waals surface area contributed by atoms with Gasteiger partial charge in [0.25, 0.3) is 5.91 Å². The number of nitrogens with zero attached hydrogens (tertiary/aromatic N) is 1. The van der Waals surface area contributed by atoms with Crippen molar-refractivity contribution in [3.63, 3.8) is 0 Å². The van der Waals surface area contributed by atoms with Crippen LogP contribution < -0.4 is 5.32 Å². The normalized spacial score (nSPS) is 19.4. The first-order valence-electron chi connectivity index (χ1n) is 6.51. The Kier molecular flexibility index (Phi) is 3.14. The van der Waals surface area contributed by atoms with Gasteiger partial charge in [0.15, 0.2) is 0 Å². The van der Waals surface area contributed by atoms with Gasteiger partial charge in [-0.2, -0.15) is 4.31 Å². The van der Waals surface area contributed by atoms with Crippen molar-refractivity contribution in [2.75, 3.05) is 19.3 Å². The zero-order valence-electron chi connectivity index (χ0n) is 11.2. The molecule has 1 N–H and O–H groups in total. The summed E-state index contributed by atoms with van der Waals surface area (Å²) in [5.74, 6) is -0.0315. The highest BCUT2D eigenvalue weighted by Crippen LogP contribution is 2.26. The van der Waals surface area contributed by atoms with E-state index in [4.69, 9.17) is 0 Å². The lowest BCUT2D eigenvalue weighted by Gasteiger charge is -2.24. The van der Waals surface area contributed by atoms with E-state index in [1.165, 1.54) is 10.6 Å². The summed E-state index contributed by atoms with van der Waals surface area (Å²) in [5.41, 5.74) is 3.86. The number of sulfonamides is 1. The first-order valence-corrected chi connectivity index (χ1v) is 8.35. The van der Waals surface area contributed by atoms with Crippen LogP contribution in [0.4, 0.5) is 0 Å². The molecular formula is C14H16N2O3S. The minimum Gasteiger partial charge on any atom is -0.348 e. The Labute approximate surface area is 118 Å². The van der Waals surface area contributed by atoms with E-state index >= 15 is 0 Å². The topological polar surface area (TPSA) is 66.5 Å². The predicted molar refractivity (Wildman–Crippen MR) is 76.6 cm³/mol. The lowest BCUT2D eigenvalue weighted by molar-refractivity contribution is 0.0965. The van der Waals surface area contributed by atoms with Crippen LogP contribution in [-0.4, -0.2) is 38.0 Å².